The maximum absolute atomic E-state index is 13.0. The molecule has 12 nitrogen and oxygen atoms in total. The first-order valence-corrected chi connectivity index (χ1v) is 12.6. The number of fused-ring (bicyclic) bond motifs is 3. The van der Waals surface area contributed by atoms with Crippen LogP contribution < -0.4 is 23.7 Å². The second-order valence-electron chi connectivity index (χ2n) is 9.72. The molecule has 3 aliphatic heterocycles. The lowest BCUT2D eigenvalue weighted by atomic mass is 9.66. The molecule has 1 fully saturated rings. The first-order chi connectivity index (χ1) is 19.3. The maximum Gasteiger partial charge on any atom is 0.313 e. The molecule has 12 heteroatoms. The maximum atomic E-state index is 13.0. The number of esters is 2. The number of cyclic esters (lactones) is 1. The molecular weight excluding hydrogens is 526 g/mol. The van der Waals surface area contributed by atoms with Crippen molar-refractivity contribution in [2.24, 2.45) is 11.8 Å². The van der Waals surface area contributed by atoms with Gasteiger partial charge >= 0.3 is 11.9 Å². The average molecular weight is 552 g/mol. The summed E-state index contributed by atoms with van der Waals surface area (Å²) < 4.78 is 33.1. The molecule has 208 valence electrons. The van der Waals surface area contributed by atoms with Crippen molar-refractivity contribution in [1.82, 2.24) is 4.90 Å². The molecule has 6 rings (SSSR count). The monoisotopic (exact) mass is 551 g/mol. The SMILES string of the molecule is COc1cc([C@@H]2c3cc4c(cc3C(O)C3COC(=O)[C@@H]32)OCO4)cc(OC)c1OC(=O)CCN1C(=O)C=CC1=O. The van der Waals surface area contributed by atoms with Crippen LogP contribution in [-0.4, -0.2) is 67.9 Å². The van der Waals surface area contributed by atoms with Gasteiger partial charge in [0.05, 0.1) is 39.3 Å². The third kappa shape index (κ3) is 4.11. The number of aliphatic hydroxyl groups is 1. The molecule has 1 aliphatic carbocycles. The second kappa shape index (κ2) is 9.87. The Labute approximate surface area is 227 Å². The molecule has 0 spiro atoms. The molecule has 2 unspecified atom stereocenters. The minimum absolute atomic E-state index is 0.00301. The van der Waals surface area contributed by atoms with Crippen LogP contribution in [0.2, 0.25) is 0 Å². The Bertz CT molecular complexity index is 1420. The summed E-state index contributed by atoms with van der Waals surface area (Å²) in [5.41, 5.74) is 1.87. The van der Waals surface area contributed by atoms with Crippen molar-refractivity contribution >= 4 is 23.8 Å². The summed E-state index contributed by atoms with van der Waals surface area (Å²) in [6.45, 7) is -0.0303. The van der Waals surface area contributed by atoms with E-state index in [0.717, 1.165) is 17.1 Å². The molecule has 4 aliphatic rings. The fourth-order valence-electron chi connectivity index (χ4n) is 5.73. The first-order valence-electron chi connectivity index (χ1n) is 12.6. The van der Waals surface area contributed by atoms with Crippen LogP contribution in [-0.2, 0) is 23.9 Å². The molecule has 0 aromatic heterocycles. The van der Waals surface area contributed by atoms with Gasteiger partial charge in [-0.3, -0.25) is 24.1 Å². The Morgan fingerprint density at radius 1 is 0.950 bits per heavy atom. The van der Waals surface area contributed by atoms with Gasteiger partial charge in [-0.2, -0.15) is 0 Å². The van der Waals surface area contributed by atoms with Crippen molar-refractivity contribution in [3.8, 4) is 28.7 Å². The van der Waals surface area contributed by atoms with Crippen LogP contribution in [0.1, 0.15) is 35.1 Å². The van der Waals surface area contributed by atoms with Gasteiger partial charge in [-0.05, 0) is 41.0 Å². The summed E-state index contributed by atoms with van der Waals surface area (Å²) in [5.74, 6) is -2.59. The zero-order chi connectivity index (χ0) is 28.1. The first kappa shape index (κ1) is 25.7. The van der Waals surface area contributed by atoms with Gasteiger partial charge in [0.1, 0.15) is 0 Å². The Morgan fingerprint density at radius 3 is 2.20 bits per heavy atom. The molecule has 2 amide bonds. The smallest absolute Gasteiger partial charge is 0.313 e. The minimum Gasteiger partial charge on any atom is -0.493 e. The van der Waals surface area contributed by atoms with E-state index < -0.39 is 47.6 Å². The Balaban J connectivity index is 1.35. The van der Waals surface area contributed by atoms with E-state index in [1.54, 1.807) is 24.3 Å². The Hall–Kier alpha value is -4.58. The fourth-order valence-corrected chi connectivity index (χ4v) is 5.73. The quantitative estimate of drug-likeness (QED) is 0.304. The normalized spacial score (nSPS) is 24.1. The zero-order valence-electron chi connectivity index (χ0n) is 21.6. The topological polar surface area (TPSA) is 147 Å². The van der Waals surface area contributed by atoms with Gasteiger partial charge in [0.2, 0.25) is 12.5 Å². The lowest BCUT2D eigenvalue weighted by molar-refractivity contribution is -0.142. The summed E-state index contributed by atoms with van der Waals surface area (Å²) in [7, 11) is 2.79. The minimum atomic E-state index is -0.953. The van der Waals surface area contributed by atoms with E-state index in [0.29, 0.717) is 28.2 Å². The van der Waals surface area contributed by atoms with E-state index in [4.69, 9.17) is 28.4 Å². The van der Waals surface area contributed by atoms with Gasteiger partial charge in [0, 0.05) is 30.5 Å². The predicted octanol–water partition coefficient (Wildman–Crippen LogP) is 1.62. The van der Waals surface area contributed by atoms with Crippen molar-refractivity contribution in [2.75, 3.05) is 34.2 Å². The number of carbonyl (C=O) groups excluding carboxylic acids is 4. The van der Waals surface area contributed by atoms with Gasteiger partial charge < -0.3 is 33.5 Å². The van der Waals surface area contributed by atoms with Crippen LogP contribution in [0.3, 0.4) is 0 Å². The van der Waals surface area contributed by atoms with Crippen LogP contribution in [0.5, 0.6) is 28.7 Å². The van der Waals surface area contributed by atoms with Gasteiger partial charge in [-0.15, -0.1) is 0 Å². The molecule has 0 radical (unpaired) electrons. The molecule has 1 saturated heterocycles. The van der Waals surface area contributed by atoms with E-state index in [1.807, 2.05) is 0 Å². The van der Waals surface area contributed by atoms with Crippen LogP contribution >= 0.6 is 0 Å². The number of imide groups is 1. The lowest BCUT2D eigenvalue weighted by Crippen LogP contribution is -2.34. The molecule has 2 aromatic carbocycles. The highest BCUT2D eigenvalue weighted by atomic mass is 16.7. The van der Waals surface area contributed by atoms with E-state index in [1.165, 1.54) is 14.2 Å². The number of benzene rings is 2. The summed E-state index contributed by atoms with van der Waals surface area (Å²) in [4.78, 5) is 50.1. The van der Waals surface area contributed by atoms with Crippen molar-refractivity contribution in [2.45, 2.75) is 18.4 Å². The molecule has 40 heavy (non-hydrogen) atoms. The number of methoxy groups -OCH3 is 2. The Morgan fingerprint density at radius 2 is 1.57 bits per heavy atom. The highest BCUT2D eigenvalue weighted by molar-refractivity contribution is 6.13. The largest absolute Gasteiger partial charge is 0.493 e. The summed E-state index contributed by atoms with van der Waals surface area (Å²) in [6.07, 6.45) is 1.08. The summed E-state index contributed by atoms with van der Waals surface area (Å²) in [6, 6.07) is 6.77. The van der Waals surface area contributed by atoms with Crippen molar-refractivity contribution in [1.29, 1.82) is 0 Å². The lowest BCUT2D eigenvalue weighted by Gasteiger charge is -2.37. The van der Waals surface area contributed by atoms with Gasteiger partial charge in [0.15, 0.2) is 23.0 Å². The highest BCUT2D eigenvalue weighted by Gasteiger charge is 2.52. The number of aliphatic hydroxyl groups excluding tert-OH is 1. The van der Waals surface area contributed by atoms with Gasteiger partial charge in [-0.1, -0.05) is 0 Å². The van der Waals surface area contributed by atoms with Crippen molar-refractivity contribution in [3.05, 3.63) is 53.1 Å². The standard InChI is InChI=1S/C28H25NO11/c1-35-19-7-13(8-20(36-2)27(19)40-23(32)5-6-29-21(30)3-4-22(29)31)24-14-9-17-18(39-12-38-17)10-15(14)26(33)16-11-37-28(34)25(16)24/h3-4,7-10,16,24-26,33H,5-6,11-12H2,1-2H3/t16?,24-,25+,26?/m1/s1. The molecule has 1 N–H and O–H groups in total. The van der Waals surface area contributed by atoms with Crippen LogP contribution in [0, 0.1) is 11.8 Å². The number of nitrogens with zero attached hydrogens (tertiary/aromatic N) is 1. The zero-order valence-corrected chi connectivity index (χ0v) is 21.6. The average Bonchev–Trinajstić information content (AvgIpc) is 3.66. The molecule has 3 heterocycles. The molecule has 4 atom stereocenters. The summed E-state index contributed by atoms with van der Waals surface area (Å²) in [5, 5.41) is 11.2. The number of hydrogen-bond donors (Lipinski definition) is 1. The van der Waals surface area contributed by atoms with E-state index in [-0.39, 0.29) is 43.6 Å². The molecule has 0 bridgehead atoms. The molecule has 2 aromatic rings. The van der Waals surface area contributed by atoms with Crippen molar-refractivity contribution < 1.29 is 52.7 Å². The van der Waals surface area contributed by atoms with E-state index >= 15 is 0 Å². The fraction of sp³-hybridized carbons (Fsp3) is 0.357. The van der Waals surface area contributed by atoms with E-state index in [2.05, 4.69) is 0 Å². The number of rotatable bonds is 7. The number of ether oxygens (including phenoxy) is 6. The highest BCUT2D eigenvalue weighted by Crippen LogP contribution is 2.55. The number of hydrogen-bond acceptors (Lipinski definition) is 11. The van der Waals surface area contributed by atoms with Gasteiger partial charge in [0.25, 0.3) is 11.8 Å². The third-order valence-corrected chi connectivity index (χ3v) is 7.65. The van der Waals surface area contributed by atoms with Crippen LogP contribution in [0.15, 0.2) is 36.4 Å². The predicted molar refractivity (Wildman–Crippen MR) is 133 cm³/mol. The second-order valence-corrected chi connectivity index (χ2v) is 9.72. The van der Waals surface area contributed by atoms with Crippen LogP contribution in [0.25, 0.3) is 0 Å². The van der Waals surface area contributed by atoms with Gasteiger partial charge in [-0.25, -0.2) is 0 Å². The number of amides is 2. The summed E-state index contributed by atoms with van der Waals surface area (Å²) >= 11 is 0. The molecule has 0 saturated carbocycles. The van der Waals surface area contributed by atoms with Crippen molar-refractivity contribution in [3.63, 3.8) is 0 Å². The van der Waals surface area contributed by atoms with Crippen LogP contribution in [0.4, 0.5) is 0 Å². The molecular formula is C28H25NO11. The third-order valence-electron chi connectivity index (χ3n) is 7.65. The Kier molecular flexibility index (Phi) is 6.34. The number of carbonyl (C=O) groups is 4. The van der Waals surface area contributed by atoms with E-state index in [9.17, 15) is 24.3 Å².